The molecule has 0 unspecified atom stereocenters. The van der Waals surface area contributed by atoms with Gasteiger partial charge < -0.3 is 19.6 Å². The van der Waals surface area contributed by atoms with E-state index < -0.39 is 28.0 Å². The van der Waals surface area contributed by atoms with Crippen molar-refractivity contribution in [1.29, 1.82) is 0 Å². The summed E-state index contributed by atoms with van der Waals surface area (Å²) in [6, 6.07) is 6.58. The average Bonchev–Trinajstić information content (AvgIpc) is 3.47. The monoisotopic (exact) mass is 693 g/mol. The van der Waals surface area contributed by atoms with E-state index in [2.05, 4.69) is 37.1 Å². The van der Waals surface area contributed by atoms with E-state index in [4.69, 9.17) is 4.74 Å². The van der Waals surface area contributed by atoms with Gasteiger partial charge in [-0.15, -0.1) is 6.58 Å². The number of carbonyl (C=O) groups excluding carboxylic acids is 3. The summed E-state index contributed by atoms with van der Waals surface area (Å²) in [6.45, 7) is 18.1. The third kappa shape index (κ3) is 6.47. The third-order valence-electron chi connectivity index (χ3n) is 13.8. The molecule has 1 aromatic carbocycles. The van der Waals surface area contributed by atoms with Gasteiger partial charge in [-0.1, -0.05) is 33.8 Å². The van der Waals surface area contributed by atoms with Crippen LogP contribution < -0.4 is 4.90 Å². The second kappa shape index (κ2) is 14.0. The average molecular weight is 694 g/mol. The first-order valence-corrected chi connectivity index (χ1v) is 18.5. The van der Waals surface area contributed by atoms with Gasteiger partial charge in [0.05, 0.1) is 24.1 Å². The van der Waals surface area contributed by atoms with Gasteiger partial charge in [-0.05, 0) is 55.1 Å². The van der Waals surface area contributed by atoms with E-state index in [-0.39, 0.29) is 53.1 Å². The molecule has 0 aromatic heterocycles. The molecule has 5 aliphatic rings. The third-order valence-corrected chi connectivity index (χ3v) is 13.8. The number of Topliss-reactive ketones (excluding diaryl/α,β-unsaturated/α-hetero) is 1. The molecule has 6 rings (SSSR count). The lowest BCUT2D eigenvalue weighted by molar-refractivity contribution is -0.384. The number of ether oxygens (including phenoxy) is 1. The first-order chi connectivity index (χ1) is 23.7. The number of carbonyl (C=O) groups is 3. The highest BCUT2D eigenvalue weighted by Crippen LogP contribution is 2.68. The van der Waals surface area contributed by atoms with Crippen molar-refractivity contribution in [3.63, 3.8) is 0 Å². The molecule has 3 aliphatic carbocycles. The molecule has 2 aliphatic heterocycles. The van der Waals surface area contributed by atoms with Crippen LogP contribution in [0.1, 0.15) is 59.8 Å². The molecule has 1 aromatic rings. The SMILES string of the molecule is C=C[C@]1(C)C[C@@H](OC(=O)CN2CCN(C(=O)CN3CCN(c4ccc([N+](=O)[O-])cc4)CC3)CC2)[C@]2(C)[C@H](C)CC[C@]3(CCC(=O)[C@H]32)[C@@H](C)[C@@H]1O. The van der Waals surface area contributed by atoms with E-state index in [0.717, 1.165) is 51.1 Å². The quantitative estimate of drug-likeness (QED) is 0.186. The smallest absolute Gasteiger partial charge is 0.320 e. The molecule has 2 bridgehead atoms. The van der Waals surface area contributed by atoms with E-state index in [1.54, 1.807) is 12.1 Å². The number of rotatable bonds is 8. The van der Waals surface area contributed by atoms with E-state index in [9.17, 15) is 29.6 Å². The predicted octanol–water partition coefficient (Wildman–Crippen LogP) is 3.77. The van der Waals surface area contributed by atoms with Crippen molar-refractivity contribution in [2.75, 3.05) is 70.3 Å². The van der Waals surface area contributed by atoms with E-state index in [1.807, 2.05) is 22.8 Å². The fourth-order valence-electron chi connectivity index (χ4n) is 10.3. The van der Waals surface area contributed by atoms with Crippen LogP contribution >= 0.6 is 0 Å². The molecule has 12 heteroatoms. The van der Waals surface area contributed by atoms with Crippen LogP contribution in [0.2, 0.25) is 0 Å². The second-order valence-electron chi connectivity index (χ2n) is 16.3. The Morgan fingerprint density at radius 3 is 2.24 bits per heavy atom. The van der Waals surface area contributed by atoms with Crippen LogP contribution in [0.15, 0.2) is 36.9 Å². The van der Waals surface area contributed by atoms with Crippen molar-refractivity contribution in [1.82, 2.24) is 14.7 Å². The maximum Gasteiger partial charge on any atom is 0.320 e. The van der Waals surface area contributed by atoms with Crippen molar-refractivity contribution in [2.45, 2.75) is 72.0 Å². The van der Waals surface area contributed by atoms with E-state index in [1.165, 1.54) is 12.1 Å². The summed E-state index contributed by atoms with van der Waals surface area (Å²) in [5.74, 6) is -0.159. The van der Waals surface area contributed by atoms with Crippen LogP contribution in [-0.4, -0.2) is 120 Å². The molecule has 1 amide bonds. The number of esters is 1. The number of anilines is 1. The number of benzene rings is 1. The van der Waals surface area contributed by atoms with E-state index in [0.29, 0.717) is 45.6 Å². The van der Waals surface area contributed by atoms with Crippen molar-refractivity contribution in [3.8, 4) is 0 Å². The molecule has 8 atom stereocenters. The van der Waals surface area contributed by atoms with Gasteiger partial charge in [-0.25, -0.2) is 0 Å². The van der Waals surface area contributed by atoms with Gasteiger partial charge >= 0.3 is 5.97 Å². The van der Waals surface area contributed by atoms with Gasteiger partial charge in [0.1, 0.15) is 11.9 Å². The molecule has 0 spiro atoms. The molecule has 2 saturated heterocycles. The summed E-state index contributed by atoms with van der Waals surface area (Å²) in [5, 5.41) is 22.7. The summed E-state index contributed by atoms with van der Waals surface area (Å²) >= 11 is 0. The van der Waals surface area contributed by atoms with Crippen molar-refractivity contribution in [2.24, 2.45) is 34.0 Å². The van der Waals surface area contributed by atoms with Gasteiger partial charge in [0, 0.05) is 93.3 Å². The van der Waals surface area contributed by atoms with Crippen LogP contribution in [0.3, 0.4) is 0 Å². The van der Waals surface area contributed by atoms with Gasteiger partial charge in [0.2, 0.25) is 5.91 Å². The van der Waals surface area contributed by atoms with E-state index >= 15 is 0 Å². The number of nitrogens with zero attached hydrogens (tertiary/aromatic N) is 5. The zero-order valence-electron chi connectivity index (χ0n) is 30.2. The van der Waals surface area contributed by atoms with Crippen LogP contribution in [0, 0.1) is 44.1 Å². The number of hydrogen-bond donors (Lipinski definition) is 1. The largest absolute Gasteiger partial charge is 0.461 e. The molecule has 50 heavy (non-hydrogen) atoms. The van der Waals surface area contributed by atoms with Crippen LogP contribution in [0.25, 0.3) is 0 Å². The Bertz CT molecular complexity index is 1470. The number of hydrogen-bond acceptors (Lipinski definition) is 10. The minimum Gasteiger partial charge on any atom is -0.461 e. The molecular formula is C38H55N5O7. The highest BCUT2D eigenvalue weighted by atomic mass is 16.6. The summed E-state index contributed by atoms with van der Waals surface area (Å²) in [4.78, 5) is 59.4. The number of aliphatic hydroxyl groups excluding tert-OH is 1. The lowest BCUT2D eigenvalue weighted by Crippen LogP contribution is -2.63. The van der Waals surface area contributed by atoms with Gasteiger partial charge in [-0.2, -0.15) is 0 Å². The normalized spacial score (nSPS) is 36.7. The fourth-order valence-corrected chi connectivity index (χ4v) is 10.3. The first-order valence-electron chi connectivity index (χ1n) is 18.5. The Balaban J connectivity index is 1.03. The number of ketones is 1. The van der Waals surface area contributed by atoms with Gasteiger partial charge in [0.25, 0.3) is 5.69 Å². The molecule has 12 nitrogen and oxygen atoms in total. The number of nitro groups is 1. The Morgan fingerprint density at radius 2 is 1.62 bits per heavy atom. The molecule has 1 N–H and O–H groups in total. The van der Waals surface area contributed by atoms with Crippen LogP contribution in [0.4, 0.5) is 11.4 Å². The summed E-state index contributed by atoms with van der Waals surface area (Å²) in [5.41, 5.74) is -0.511. The summed E-state index contributed by atoms with van der Waals surface area (Å²) in [6.07, 6.45) is 4.11. The van der Waals surface area contributed by atoms with Crippen LogP contribution in [-0.2, 0) is 19.1 Å². The minimum absolute atomic E-state index is 0.0714. The first kappa shape index (κ1) is 36.4. The highest BCUT2D eigenvalue weighted by Gasteiger charge is 2.68. The van der Waals surface area contributed by atoms with Crippen molar-refractivity contribution >= 4 is 29.0 Å². The molecule has 3 saturated carbocycles. The Hall–Kier alpha value is -3.35. The zero-order valence-corrected chi connectivity index (χ0v) is 30.2. The highest BCUT2D eigenvalue weighted by molar-refractivity contribution is 5.86. The number of aliphatic hydroxyl groups is 1. The fraction of sp³-hybridized carbons (Fsp3) is 0.711. The lowest BCUT2D eigenvalue weighted by atomic mass is 9.44. The Kier molecular flexibility index (Phi) is 10.2. The second-order valence-corrected chi connectivity index (χ2v) is 16.3. The number of nitro benzene ring substituents is 1. The lowest BCUT2D eigenvalue weighted by Gasteiger charge is -2.61. The minimum atomic E-state index is -0.697. The van der Waals surface area contributed by atoms with Crippen LogP contribution in [0.5, 0.6) is 0 Å². The molecular weight excluding hydrogens is 638 g/mol. The number of amides is 1. The standard InChI is InChI=1S/C38H55N5O7/c1-6-36(4)23-31(37(5)26(2)11-13-38(27(3)35(36)47)14-12-30(44)34(37)38)50-33(46)25-40-17-21-42(22-18-40)32(45)24-39-15-19-41(20-16-39)28-7-9-29(10-8-28)43(48)49/h6-10,26-27,31,34-35,47H,1,11-25H2,2-5H3/t26-,27+,31-,34+,35+,36-,37+,38+/m1/s1. The summed E-state index contributed by atoms with van der Waals surface area (Å²) in [7, 11) is 0. The number of piperazine rings is 2. The Morgan fingerprint density at radius 1 is 1.00 bits per heavy atom. The topological polar surface area (TPSA) is 137 Å². The van der Waals surface area contributed by atoms with Crippen molar-refractivity contribution < 1.29 is 29.2 Å². The number of non-ortho nitro benzene ring substituents is 1. The van der Waals surface area contributed by atoms with Gasteiger partial charge in [0.15, 0.2) is 0 Å². The van der Waals surface area contributed by atoms with Crippen molar-refractivity contribution in [3.05, 3.63) is 47.0 Å². The Labute approximate surface area is 295 Å². The molecule has 0 radical (unpaired) electrons. The molecule has 5 fully saturated rings. The molecule has 2 heterocycles. The predicted molar refractivity (Wildman–Crippen MR) is 189 cm³/mol. The maximum atomic E-state index is 13.7. The summed E-state index contributed by atoms with van der Waals surface area (Å²) < 4.78 is 6.44. The molecule has 274 valence electrons. The van der Waals surface area contributed by atoms with Gasteiger partial charge in [-0.3, -0.25) is 34.3 Å². The zero-order chi connectivity index (χ0) is 36.0. The maximum absolute atomic E-state index is 13.7.